The molecule has 2 aromatic rings. The molecule has 0 aromatic heterocycles. The Balaban J connectivity index is 0.00000289. The third-order valence-corrected chi connectivity index (χ3v) is 7.29. The number of piperidine rings is 1. The summed E-state index contributed by atoms with van der Waals surface area (Å²) in [5.41, 5.74) is 3.00. The number of amides is 3. The van der Waals surface area contributed by atoms with Crippen molar-refractivity contribution in [2.24, 2.45) is 0 Å². The van der Waals surface area contributed by atoms with Crippen molar-refractivity contribution in [3.63, 3.8) is 0 Å². The number of benzene rings is 2. The molecule has 2 atom stereocenters. The molecule has 2 unspecified atom stereocenters. The topological polar surface area (TPSA) is 55.9 Å². The molecular formula is C26H31ClF2N4O2. The van der Waals surface area contributed by atoms with Crippen LogP contribution in [-0.4, -0.2) is 60.5 Å². The molecule has 0 aliphatic carbocycles. The van der Waals surface area contributed by atoms with Gasteiger partial charge in [0.15, 0.2) is 0 Å². The maximum absolute atomic E-state index is 14.2. The van der Waals surface area contributed by atoms with Gasteiger partial charge in [-0.25, -0.2) is 13.6 Å². The summed E-state index contributed by atoms with van der Waals surface area (Å²) >= 11 is 0. The molecule has 1 N–H and O–H groups in total. The van der Waals surface area contributed by atoms with Crippen LogP contribution in [0.3, 0.4) is 0 Å². The number of unbranched alkanes of at least 4 members (excludes halogenated alkanes) is 3. The lowest BCUT2D eigenvalue weighted by atomic mass is 9.88. The molecule has 9 heteroatoms. The Bertz CT molecular complexity index is 1050. The van der Waals surface area contributed by atoms with Crippen molar-refractivity contribution in [1.29, 1.82) is 0 Å². The van der Waals surface area contributed by atoms with Crippen LogP contribution in [0.5, 0.6) is 0 Å². The van der Waals surface area contributed by atoms with Gasteiger partial charge in [0.25, 0.3) is 0 Å². The van der Waals surface area contributed by atoms with E-state index in [1.165, 1.54) is 23.1 Å². The summed E-state index contributed by atoms with van der Waals surface area (Å²) < 4.78 is 27.7. The highest BCUT2D eigenvalue weighted by molar-refractivity contribution is 6.01. The fourth-order valence-corrected chi connectivity index (χ4v) is 5.62. The van der Waals surface area contributed by atoms with Crippen LogP contribution in [0.2, 0.25) is 0 Å². The minimum atomic E-state index is -0.282. The number of nitrogens with one attached hydrogen (secondary N) is 1. The van der Waals surface area contributed by atoms with Crippen LogP contribution in [-0.2, 0) is 4.79 Å². The van der Waals surface area contributed by atoms with Crippen molar-refractivity contribution in [3.05, 3.63) is 59.7 Å². The summed E-state index contributed by atoms with van der Waals surface area (Å²) in [4.78, 5) is 29.2. The van der Waals surface area contributed by atoms with Gasteiger partial charge >= 0.3 is 6.03 Å². The van der Waals surface area contributed by atoms with Gasteiger partial charge in [0.1, 0.15) is 11.6 Å². The minimum Gasteiger partial charge on any atom is -0.337 e. The number of urea groups is 1. The summed E-state index contributed by atoms with van der Waals surface area (Å²) in [7, 11) is 0. The van der Waals surface area contributed by atoms with Crippen molar-refractivity contribution in [2.45, 2.75) is 44.1 Å². The molecule has 2 fully saturated rings. The largest absolute Gasteiger partial charge is 0.337 e. The Labute approximate surface area is 210 Å². The van der Waals surface area contributed by atoms with Crippen molar-refractivity contribution in [2.75, 3.05) is 37.6 Å². The van der Waals surface area contributed by atoms with E-state index in [1.54, 1.807) is 18.2 Å². The van der Waals surface area contributed by atoms with Crippen LogP contribution in [0.1, 0.15) is 43.6 Å². The smallest absolute Gasteiger partial charge is 0.324 e. The van der Waals surface area contributed by atoms with Crippen molar-refractivity contribution >= 4 is 35.7 Å². The zero-order valence-electron chi connectivity index (χ0n) is 19.6. The number of nitrogens with zero attached hydrogens (tertiary/aromatic N) is 3. The second-order valence-electron chi connectivity index (χ2n) is 9.43. The van der Waals surface area contributed by atoms with E-state index < -0.39 is 0 Å². The number of halogens is 3. The number of carbonyl (C=O) groups is 2. The van der Waals surface area contributed by atoms with Crippen molar-refractivity contribution < 1.29 is 18.4 Å². The Morgan fingerprint density at radius 3 is 2.34 bits per heavy atom. The van der Waals surface area contributed by atoms with E-state index in [1.807, 2.05) is 6.07 Å². The average molecular weight is 505 g/mol. The first-order valence-electron chi connectivity index (χ1n) is 12.2. The highest BCUT2D eigenvalue weighted by Gasteiger charge is 2.42. The monoisotopic (exact) mass is 504 g/mol. The molecule has 6 nitrogen and oxygen atoms in total. The molecule has 0 radical (unpaired) electrons. The summed E-state index contributed by atoms with van der Waals surface area (Å²) in [5, 5.41) is 2.55. The molecule has 2 aromatic carbocycles. The van der Waals surface area contributed by atoms with Gasteiger partial charge in [0, 0.05) is 43.0 Å². The van der Waals surface area contributed by atoms with Gasteiger partial charge in [-0.05, 0) is 73.8 Å². The van der Waals surface area contributed by atoms with Gasteiger partial charge in [-0.3, -0.25) is 9.69 Å². The second-order valence-corrected chi connectivity index (χ2v) is 9.43. The third-order valence-electron chi connectivity index (χ3n) is 7.29. The Morgan fingerprint density at radius 1 is 0.914 bits per heavy atom. The number of hydrogen-bond donors (Lipinski definition) is 1. The molecule has 5 rings (SSSR count). The maximum Gasteiger partial charge on any atom is 0.324 e. The summed E-state index contributed by atoms with van der Waals surface area (Å²) in [6.07, 6.45) is 4.85. The van der Waals surface area contributed by atoms with Gasteiger partial charge < -0.3 is 15.1 Å². The van der Waals surface area contributed by atoms with E-state index in [0.717, 1.165) is 68.7 Å². The van der Waals surface area contributed by atoms with Gasteiger partial charge in [0.05, 0.1) is 6.54 Å². The van der Waals surface area contributed by atoms with Crippen molar-refractivity contribution in [1.82, 2.24) is 15.1 Å². The Morgan fingerprint density at radius 2 is 1.63 bits per heavy atom. The van der Waals surface area contributed by atoms with Crippen LogP contribution >= 0.6 is 12.4 Å². The molecular weight excluding hydrogens is 474 g/mol. The molecule has 3 aliphatic heterocycles. The second kappa shape index (κ2) is 10.9. The normalized spacial score (nSPS) is 21.5. The number of carbonyl (C=O) groups excluding carboxylic acids is 2. The lowest BCUT2D eigenvalue weighted by Gasteiger charge is -2.39. The number of rotatable bonds is 8. The number of imide groups is 1. The van der Waals surface area contributed by atoms with Gasteiger partial charge in [-0.2, -0.15) is 0 Å². The molecule has 3 heterocycles. The number of fused-ring (bicyclic) bond motifs is 3. The molecule has 3 amide bonds. The predicted octanol–water partition coefficient (Wildman–Crippen LogP) is 4.81. The Kier molecular flexibility index (Phi) is 7.91. The van der Waals surface area contributed by atoms with Gasteiger partial charge in [0.2, 0.25) is 5.91 Å². The zero-order chi connectivity index (χ0) is 23.7. The van der Waals surface area contributed by atoms with Crippen LogP contribution in [0.25, 0.3) is 0 Å². The third kappa shape index (κ3) is 5.28. The summed E-state index contributed by atoms with van der Waals surface area (Å²) in [6.45, 7) is 3.42. The first-order chi connectivity index (χ1) is 16.5. The number of likely N-dealkylation sites (tertiary alicyclic amines) is 1. The van der Waals surface area contributed by atoms with E-state index >= 15 is 0 Å². The van der Waals surface area contributed by atoms with Crippen LogP contribution in [0.15, 0.2) is 42.5 Å². The molecule has 2 saturated heterocycles. The first kappa shape index (κ1) is 25.4. The molecule has 0 spiro atoms. The summed E-state index contributed by atoms with van der Waals surface area (Å²) in [6, 6.07) is 11.5. The van der Waals surface area contributed by atoms with Crippen LogP contribution in [0.4, 0.5) is 25.0 Å². The quantitative estimate of drug-likeness (QED) is 0.414. The SMILES string of the molecule is Cl.O=C1CNC(=O)N1CCCCCCN1CCC2C(C1)c1cc(F)ccc1N2c1ccc(F)cc1. The van der Waals surface area contributed by atoms with E-state index in [2.05, 4.69) is 15.1 Å². The average Bonchev–Trinajstić information content (AvgIpc) is 3.32. The van der Waals surface area contributed by atoms with E-state index in [9.17, 15) is 18.4 Å². The number of anilines is 2. The van der Waals surface area contributed by atoms with Crippen LogP contribution < -0.4 is 10.2 Å². The standard InChI is InChI=1S/C26H30F2N4O2.ClH/c27-18-5-8-20(9-6-18)32-23-10-7-19(28)15-21(23)22-17-30(14-11-24(22)32)12-3-1-2-4-13-31-25(33)16-29-26(31)34;/h5-10,15,22,24H,1-4,11-14,16-17H2,(H,29,34);1H. The zero-order valence-corrected chi connectivity index (χ0v) is 20.4. The lowest BCUT2D eigenvalue weighted by molar-refractivity contribution is -0.125. The van der Waals surface area contributed by atoms with Gasteiger partial charge in [-0.1, -0.05) is 12.8 Å². The fraction of sp³-hybridized carbons (Fsp3) is 0.462. The molecule has 0 bridgehead atoms. The molecule has 35 heavy (non-hydrogen) atoms. The van der Waals surface area contributed by atoms with Gasteiger partial charge in [-0.15, -0.1) is 12.4 Å². The minimum absolute atomic E-state index is 0. The molecule has 0 saturated carbocycles. The lowest BCUT2D eigenvalue weighted by Crippen LogP contribution is -2.45. The Hall–Kier alpha value is -2.71. The first-order valence-corrected chi connectivity index (χ1v) is 12.2. The highest BCUT2D eigenvalue weighted by atomic mass is 35.5. The predicted molar refractivity (Wildman–Crippen MR) is 133 cm³/mol. The van der Waals surface area contributed by atoms with E-state index in [0.29, 0.717) is 6.54 Å². The summed E-state index contributed by atoms with van der Waals surface area (Å²) in [5.74, 6) is -0.412. The maximum atomic E-state index is 14.2. The van der Waals surface area contributed by atoms with Crippen LogP contribution in [0, 0.1) is 11.6 Å². The molecule has 188 valence electrons. The van der Waals surface area contributed by atoms with Crippen molar-refractivity contribution in [3.8, 4) is 0 Å². The van der Waals surface area contributed by atoms with E-state index in [4.69, 9.17) is 0 Å². The van der Waals surface area contributed by atoms with E-state index in [-0.39, 0.29) is 54.5 Å². The molecule has 3 aliphatic rings. The highest BCUT2D eigenvalue weighted by Crippen LogP contribution is 2.48. The fourth-order valence-electron chi connectivity index (χ4n) is 5.62. The number of hydrogen-bond acceptors (Lipinski definition) is 4.